The zero-order valence-electron chi connectivity index (χ0n) is 13.3. The van der Waals surface area contributed by atoms with Gasteiger partial charge in [-0.1, -0.05) is 72.1 Å². The van der Waals surface area contributed by atoms with E-state index in [-0.39, 0.29) is 5.75 Å². The van der Waals surface area contributed by atoms with E-state index in [0.717, 1.165) is 21.7 Å². The van der Waals surface area contributed by atoms with E-state index < -0.39 is 0 Å². The molecule has 2 aromatic rings. The van der Waals surface area contributed by atoms with Crippen molar-refractivity contribution in [3.05, 3.63) is 71.4 Å². The molecule has 25 heavy (non-hydrogen) atoms. The summed E-state index contributed by atoms with van der Waals surface area (Å²) in [5.41, 5.74) is 1.19. The summed E-state index contributed by atoms with van der Waals surface area (Å²) in [5, 5.41) is 11.7. The lowest BCUT2D eigenvalue weighted by Crippen LogP contribution is -1.96. The van der Waals surface area contributed by atoms with E-state index in [9.17, 15) is 0 Å². The van der Waals surface area contributed by atoms with Crippen LogP contribution in [-0.4, -0.2) is 27.7 Å². The van der Waals surface area contributed by atoms with E-state index in [1.165, 1.54) is 12.1 Å². The molecule has 4 nitrogen and oxygen atoms in total. The summed E-state index contributed by atoms with van der Waals surface area (Å²) in [5.74, 6) is 1.00. The lowest BCUT2D eigenvalue weighted by molar-refractivity contribution is 0.345. The van der Waals surface area contributed by atoms with Crippen molar-refractivity contribution in [2.45, 2.75) is 0 Å². The van der Waals surface area contributed by atoms with E-state index >= 15 is 0 Å². The van der Waals surface area contributed by atoms with Gasteiger partial charge in [0.15, 0.2) is 11.4 Å². The number of rotatable bonds is 4. The molecule has 1 N–H and O–H groups in total. The Morgan fingerprint density at radius 1 is 0.760 bits per heavy atom. The van der Waals surface area contributed by atoms with Gasteiger partial charge in [-0.3, -0.25) is 0 Å². The Balaban J connectivity index is 0.000000391. The second-order valence-electron chi connectivity index (χ2n) is 4.15. The molecule has 0 radical (unpaired) electrons. The van der Waals surface area contributed by atoms with Gasteiger partial charge in [-0.25, -0.2) is 9.69 Å². The third kappa shape index (κ3) is 12.5. The monoisotopic (exact) mass is 530 g/mol. The van der Waals surface area contributed by atoms with Crippen molar-refractivity contribution in [2.24, 2.45) is 0 Å². The Labute approximate surface area is 173 Å². The summed E-state index contributed by atoms with van der Waals surface area (Å²) in [7, 11) is 0. The van der Waals surface area contributed by atoms with Gasteiger partial charge in [-0.2, -0.15) is 0 Å². The standard InChI is InChI=1S/C9H8BrNO.C7H5NO.C2H4Br2/c1-11-8-2-4-9(5-3-8)12-7-6-10;1-8-6-2-4-7(9)5-3-6;3-1-2-4/h2-5H,6-7H2;2-5,9H;1-2H2. The molecule has 0 aromatic heterocycles. The van der Waals surface area contributed by atoms with Crippen LogP contribution in [0.2, 0.25) is 0 Å². The minimum Gasteiger partial charge on any atom is -0.508 e. The molecule has 0 saturated carbocycles. The summed E-state index contributed by atoms with van der Waals surface area (Å²) in [6.45, 7) is 13.9. The molecule has 0 atom stereocenters. The number of hydrogen-bond acceptors (Lipinski definition) is 2. The van der Waals surface area contributed by atoms with Gasteiger partial charge < -0.3 is 9.84 Å². The van der Waals surface area contributed by atoms with Crippen molar-refractivity contribution in [1.29, 1.82) is 0 Å². The topological polar surface area (TPSA) is 38.2 Å². The molecular formula is C18H17Br3N2O2. The summed E-state index contributed by atoms with van der Waals surface area (Å²) in [6, 6.07) is 13.2. The normalized spacial score (nSPS) is 8.52. The maximum Gasteiger partial charge on any atom is 0.187 e. The van der Waals surface area contributed by atoms with Crippen LogP contribution >= 0.6 is 47.8 Å². The largest absolute Gasteiger partial charge is 0.508 e. The van der Waals surface area contributed by atoms with Crippen molar-refractivity contribution in [3.8, 4) is 11.5 Å². The highest BCUT2D eigenvalue weighted by Crippen LogP contribution is 2.17. The van der Waals surface area contributed by atoms with E-state index in [1.807, 2.05) is 0 Å². The molecule has 0 amide bonds. The van der Waals surface area contributed by atoms with Gasteiger partial charge in [-0.05, 0) is 24.3 Å². The van der Waals surface area contributed by atoms with Crippen LogP contribution in [0.25, 0.3) is 9.69 Å². The molecule has 0 fully saturated rings. The maximum atomic E-state index is 8.75. The van der Waals surface area contributed by atoms with Crippen LogP contribution < -0.4 is 4.74 Å². The summed E-state index contributed by atoms with van der Waals surface area (Å²) < 4.78 is 5.30. The minimum atomic E-state index is 0.197. The minimum absolute atomic E-state index is 0.197. The predicted octanol–water partition coefficient (Wildman–Crippen LogP) is 6.73. The van der Waals surface area contributed by atoms with Crippen molar-refractivity contribution < 1.29 is 9.84 Å². The van der Waals surface area contributed by atoms with Crippen molar-refractivity contribution in [1.82, 2.24) is 0 Å². The number of benzene rings is 2. The number of alkyl halides is 3. The highest BCUT2D eigenvalue weighted by atomic mass is 79.9. The fourth-order valence-corrected chi connectivity index (χ4v) is 1.46. The van der Waals surface area contributed by atoms with E-state index in [4.69, 9.17) is 23.0 Å². The first-order valence-electron chi connectivity index (χ1n) is 7.06. The first kappa shape index (κ1) is 23.5. The van der Waals surface area contributed by atoms with E-state index in [1.54, 1.807) is 36.4 Å². The number of aromatic hydroxyl groups is 1. The molecule has 0 aliphatic rings. The first-order valence-corrected chi connectivity index (χ1v) is 10.4. The second-order valence-corrected chi connectivity index (χ2v) is 6.53. The van der Waals surface area contributed by atoms with Crippen LogP contribution in [0, 0.1) is 13.1 Å². The Morgan fingerprint density at radius 3 is 1.56 bits per heavy atom. The predicted molar refractivity (Wildman–Crippen MR) is 114 cm³/mol. The van der Waals surface area contributed by atoms with Crippen molar-refractivity contribution >= 4 is 59.2 Å². The van der Waals surface area contributed by atoms with Crippen LogP contribution in [0.3, 0.4) is 0 Å². The molecule has 0 saturated heterocycles. The van der Waals surface area contributed by atoms with Gasteiger partial charge in [0.1, 0.15) is 11.5 Å². The summed E-state index contributed by atoms with van der Waals surface area (Å²) in [6.07, 6.45) is 0. The SMILES string of the molecule is BrCCBr.[C-]#[N+]c1ccc(O)cc1.[C-]#[N+]c1ccc(OCCBr)cc1. The third-order valence-corrected chi connectivity index (χ3v) is 4.54. The molecule has 0 unspecified atom stereocenters. The molecule has 132 valence electrons. The molecule has 2 aromatic carbocycles. The number of hydrogen-bond donors (Lipinski definition) is 1. The molecule has 0 heterocycles. The third-order valence-electron chi connectivity index (χ3n) is 2.36. The van der Waals surface area contributed by atoms with Crippen molar-refractivity contribution in [2.75, 3.05) is 22.6 Å². The van der Waals surface area contributed by atoms with Gasteiger partial charge in [0.25, 0.3) is 0 Å². The molecule has 0 spiro atoms. The lowest BCUT2D eigenvalue weighted by Gasteiger charge is -2.02. The molecule has 0 aliphatic heterocycles. The number of halogens is 3. The summed E-state index contributed by atoms with van der Waals surface area (Å²) in [4.78, 5) is 6.43. The highest BCUT2D eigenvalue weighted by Gasteiger charge is 1.92. The van der Waals surface area contributed by atoms with Gasteiger partial charge in [0.05, 0.1) is 19.8 Å². The van der Waals surface area contributed by atoms with Gasteiger partial charge in [0, 0.05) is 16.0 Å². The van der Waals surface area contributed by atoms with Gasteiger partial charge >= 0.3 is 0 Å². The fourth-order valence-electron chi connectivity index (χ4n) is 1.30. The van der Waals surface area contributed by atoms with Crippen LogP contribution in [0.15, 0.2) is 48.5 Å². The average molecular weight is 533 g/mol. The molecule has 0 aliphatic carbocycles. The number of phenols is 1. The van der Waals surface area contributed by atoms with Crippen LogP contribution in [-0.2, 0) is 0 Å². The highest BCUT2D eigenvalue weighted by molar-refractivity contribution is 9.12. The van der Waals surface area contributed by atoms with Crippen LogP contribution in [0.5, 0.6) is 11.5 Å². The smallest absolute Gasteiger partial charge is 0.187 e. The fraction of sp³-hybridized carbons (Fsp3) is 0.222. The van der Waals surface area contributed by atoms with Crippen LogP contribution in [0.1, 0.15) is 0 Å². The zero-order valence-corrected chi connectivity index (χ0v) is 18.1. The number of nitrogens with zero attached hydrogens (tertiary/aromatic N) is 2. The summed E-state index contributed by atoms with van der Waals surface area (Å²) >= 11 is 9.66. The van der Waals surface area contributed by atoms with Crippen molar-refractivity contribution in [3.63, 3.8) is 0 Å². The molecule has 0 bridgehead atoms. The Hall–Kier alpha value is -1.54. The average Bonchev–Trinajstić information content (AvgIpc) is 2.68. The lowest BCUT2D eigenvalue weighted by atomic mass is 10.3. The Morgan fingerprint density at radius 2 is 1.20 bits per heavy atom. The molecule has 2 rings (SSSR count). The number of ether oxygens (including phenoxy) is 1. The van der Waals surface area contributed by atoms with E-state index in [2.05, 4.69) is 57.5 Å². The zero-order chi connectivity index (χ0) is 18.9. The second kappa shape index (κ2) is 16.0. The first-order chi connectivity index (χ1) is 12.1. The quantitative estimate of drug-likeness (QED) is 0.350. The van der Waals surface area contributed by atoms with Crippen LogP contribution in [0.4, 0.5) is 11.4 Å². The molecule has 7 heteroatoms. The van der Waals surface area contributed by atoms with Gasteiger partial charge in [0.2, 0.25) is 0 Å². The Bertz CT molecular complexity index is 661. The Kier molecular flexibility index (Phi) is 15.0. The number of phenolic OH excluding ortho intramolecular Hbond substituents is 1. The maximum absolute atomic E-state index is 8.75. The van der Waals surface area contributed by atoms with Gasteiger partial charge in [-0.15, -0.1) is 0 Å². The molecular weight excluding hydrogens is 516 g/mol. The van der Waals surface area contributed by atoms with E-state index in [0.29, 0.717) is 18.0 Å².